The molecule has 0 saturated carbocycles. The van der Waals surface area contributed by atoms with Gasteiger partial charge in [-0.2, -0.15) is 0 Å². The number of hydrogen-bond donors (Lipinski definition) is 2. The highest BCUT2D eigenvalue weighted by Gasteiger charge is 2.02. The maximum atomic E-state index is 5.67. The molecule has 0 aliphatic rings. The summed E-state index contributed by atoms with van der Waals surface area (Å²) >= 11 is 0. The lowest BCUT2D eigenvalue weighted by Crippen LogP contribution is -2.35. The summed E-state index contributed by atoms with van der Waals surface area (Å²) in [5, 5.41) is 2.95. The Labute approximate surface area is 125 Å². The monoisotopic (exact) mass is 297 g/mol. The van der Waals surface area contributed by atoms with Gasteiger partial charge in [-0.3, -0.25) is 4.99 Å². The fourth-order valence-corrected chi connectivity index (χ4v) is 1.53. The van der Waals surface area contributed by atoms with E-state index in [1.165, 1.54) is 0 Å². The van der Waals surface area contributed by atoms with Gasteiger partial charge in [0.2, 0.25) is 0 Å². The van der Waals surface area contributed by atoms with Crippen molar-refractivity contribution in [1.82, 2.24) is 5.32 Å². The maximum absolute atomic E-state index is 5.67. The van der Waals surface area contributed by atoms with Gasteiger partial charge in [-0.1, -0.05) is 0 Å². The van der Waals surface area contributed by atoms with E-state index >= 15 is 0 Å². The second-order valence-electron chi connectivity index (χ2n) is 4.08. The Bertz CT molecular complexity index is 430. The van der Waals surface area contributed by atoms with E-state index in [4.69, 9.17) is 24.7 Å². The van der Waals surface area contributed by atoms with E-state index in [1.54, 1.807) is 39.5 Å². The summed E-state index contributed by atoms with van der Waals surface area (Å²) < 4.78 is 20.8. The van der Waals surface area contributed by atoms with Crippen LogP contribution >= 0.6 is 0 Å². The van der Waals surface area contributed by atoms with Crippen LogP contribution in [0.15, 0.2) is 23.2 Å². The van der Waals surface area contributed by atoms with Crippen LogP contribution in [-0.2, 0) is 4.74 Å². The molecule has 0 unspecified atom stereocenters. The van der Waals surface area contributed by atoms with Crippen LogP contribution in [0.5, 0.6) is 17.2 Å². The van der Waals surface area contributed by atoms with E-state index in [9.17, 15) is 0 Å². The van der Waals surface area contributed by atoms with E-state index in [-0.39, 0.29) is 0 Å². The van der Waals surface area contributed by atoms with Crippen molar-refractivity contribution in [2.45, 2.75) is 0 Å². The van der Waals surface area contributed by atoms with Gasteiger partial charge in [0.25, 0.3) is 0 Å². The standard InChI is InChI=1S/C14H23N3O4/c1-18-6-4-16-14(15)17-5-7-21-13-9-11(19-2)8-12(10-13)20-3/h8-10H,4-7H2,1-3H3,(H3,15,16,17). The van der Waals surface area contributed by atoms with Crippen molar-refractivity contribution in [2.75, 3.05) is 47.6 Å². The second kappa shape index (κ2) is 9.71. The fourth-order valence-electron chi connectivity index (χ4n) is 1.53. The molecule has 0 fully saturated rings. The van der Waals surface area contributed by atoms with Gasteiger partial charge < -0.3 is 30.0 Å². The van der Waals surface area contributed by atoms with Gasteiger partial charge in [-0.05, 0) is 0 Å². The molecular formula is C14H23N3O4. The minimum atomic E-state index is 0.374. The summed E-state index contributed by atoms with van der Waals surface area (Å²) in [6, 6.07) is 5.36. The van der Waals surface area contributed by atoms with E-state index < -0.39 is 0 Å². The molecule has 3 N–H and O–H groups in total. The van der Waals surface area contributed by atoms with Crippen LogP contribution in [0, 0.1) is 0 Å². The highest BCUT2D eigenvalue weighted by Crippen LogP contribution is 2.27. The molecule has 0 bridgehead atoms. The maximum Gasteiger partial charge on any atom is 0.188 e. The van der Waals surface area contributed by atoms with Crippen LogP contribution in [0.3, 0.4) is 0 Å². The number of nitrogens with zero attached hydrogens (tertiary/aromatic N) is 1. The molecule has 118 valence electrons. The number of guanidine groups is 1. The van der Waals surface area contributed by atoms with Gasteiger partial charge in [0.05, 0.1) is 33.9 Å². The average Bonchev–Trinajstić information content (AvgIpc) is 2.51. The number of aliphatic imine (C=N–C) groups is 1. The molecule has 0 aromatic heterocycles. The first-order valence-electron chi connectivity index (χ1n) is 6.58. The lowest BCUT2D eigenvalue weighted by molar-refractivity contribution is 0.208. The van der Waals surface area contributed by atoms with E-state index in [2.05, 4.69) is 10.3 Å². The minimum Gasteiger partial charge on any atom is -0.496 e. The van der Waals surface area contributed by atoms with Crippen LogP contribution in [0.25, 0.3) is 0 Å². The Hall–Kier alpha value is -2.15. The zero-order valence-electron chi connectivity index (χ0n) is 12.7. The number of benzene rings is 1. The molecule has 7 heteroatoms. The molecule has 0 amide bonds. The van der Waals surface area contributed by atoms with Crippen LogP contribution in [0.2, 0.25) is 0 Å². The smallest absolute Gasteiger partial charge is 0.188 e. The molecule has 1 rings (SSSR count). The van der Waals surface area contributed by atoms with Gasteiger partial charge in [0.15, 0.2) is 5.96 Å². The van der Waals surface area contributed by atoms with Crippen molar-refractivity contribution in [1.29, 1.82) is 0 Å². The first-order valence-corrected chi connectivity index (χ1v) is 6.58. The summed E-state index contributed by atoms with van der Waals surface area (Å²) in [7, 11) is 4.81. The SMILES string of the molecule is COCCN=C(N)NCCOc1cc(OC)cc(OC)c1. The van der Waals surface area contributed by atoms with Gasteiger partial charge in [-0.15, -0.1) is 0 Å². The first kappa shape index (κ1) is 16.9. The van der Waals surface area contributed by atoms with Crippen molar-refractivity contribution in [2.24, 2.45) is 10.7 Å². The summed E-state index contributed by atoms with van der Waals surface area (Å²) in [4.78, 5) is 4.08. The third kappa shape index (κ3) is 6.71. The Morgan fingerprint density at radius 1 is 1.05 bits per heavy atom. The Balaban J connectivity index is 2.37. The largest absolute Gasteiger partial charge is 0.496 e. The predicted molar refractivity (Wildman–Crippen MR) is 81.4 cm³/mol. The second-order valence-corrected chi connectivity index (χ2v) is 4.08. The van der Waals surface area contributed by atoms with Gasteiger partial charge in [0, 0.05) is 25.3 Å². The zero-order chi connectivity index (χ0) is 15.5. The van der Waals surface area contributed by atoms with Crippen molar-refractivity contribution in [3.63, 3.8) is 0 Å². The quantitative estimate of drug-likeness (QED) is 0.395. The lowest BCUT2D eigenvalue weighted by atomic mass is 10.3. The van der Waals surface area contributed by atoms with Crippen molar-refractivity contribution >= 4 is 5.96 Å². The molecule has 0 saturated heterocycles. The molecule has 0 atom stereocenters. The van der Waals surface area contributed by atoms with E-state index in [0.29, 0.717) is 49.5 Å². The third-order valence-electron chi connectivity index (χ3n) is 2.58. The summed E-state index contributed by atoms with van der Waals surface area (Å²) in [5.74, 6) is 2.40. The molecule has 21 heavy (non-hydrogen) atoms. The van der Waals surface area contributed by atoms with Crippen LogP contribution in [0.1, 0.15) is 0 Å². The fraction of sp³-hybridized carbons (Fsp3) is 0.500. The highest BCUT2D eigenvalue weighted by molar-refractivity contribution is 5.77. The molecule has 7 nitrogen and oxygen atoms in total. The molecule has 0 radical (unpaired) electrons. The highest BCUT2D eigenvalue weighted by atomic mass is 16.5. The minimum absolute atomic E-state index is 0.374. The van der Waals surface area contributed by atoms with Crippen molar-refractivity contribution in [3.05, 3.63) is 18.2 Å². The number of nitrogens with two attached hydrogens (primary N) is 1. The summed E-state index contributed by atoms with van der Waals surface area (Å²) in [5.41, 5.74) is 5.67. The number of hydrogen-bond acceptors (Lipinski definition) is 5. The first-order chi connectivity index (χ1) is 10.2. The molecular weight excluding hydrogens is 274 g/mol. The van der Waals surface area contributed by atoms with Crippen molar-refractivity contribution in [3.8, 4) is 17.2 Å². The van der Waals surface area contributed by atoms with Crippen LogP contribution in [0.4, 0.5) is 0 Å². The molecule has 0 heterocycles. The predicted octanol–water partition coefficient (Wildman–Crippen LogP) is 0.633. The molecule has 1 aromatic carbocycles. The Kier molecular flexibility index (Phi) is 7.81. The van der Waals surface area contributed by atoms with E-state index in [1.807, 2.05) is 0 Å². The summed E-state index contributed by atoms with van der Waals surface area (Å²) in [6.07, 6.45) is 0. The Morgan fingerprint density at radius 3 is 2.24 bits per heavy atom. The summed E-state index contributed by atoms with van der Waals surface area (Å²) in [6.45, 7) is 2.06. The average molecular weight is 297 g/mol. The number of nitrogens with one attached hydrogen (secondary N) is 1. The zero-order valence-corrected chi connectivity index (χ0v) is 12.7. The van der Waals surface area contributed by atoms with Crippen LogP contribution < -0.4 is 25.3 Å². The normalized spacial score (nSPS) is 11.1. The molecule has 1 aromatic rings. The van der Waals surface area contributed by atoms with Crippen LogP contribution in [-0.4, -0.2) is 53.6 Å². The molecule has 0 aliphatic carbocycles. The topological polar surface area (TPSA) is 87.3 Å². The van der Waals surface area contributed by atoms with E-state index in [0.717, 1.165) is 0 Å². The van der Waals surface area contributed by atoms with Crippen molar-refractivity contribution < 1.29 is 18.9 Å². The number of rotatable bonds is 9. The van der Waals surface area contributed by atoms with Gasteiger partial charge in [0.1, 0.15) is 23.9 Å². The molecule has 0 spiro atoms. The Morgan fingerprint density at radius 2 is 1.67 bits per heavy atom. The van der Waals surface area contributed by atoms with Gasteiger partial charge in [-0.25, -0.2) is 0 Å². The number of methoxy groups -OCH3 is 3. The third-order valence-corrected chi connectivity index (χ3v) is 2.58. The van der Waals surface area contributed by atoms with Gasteiger partial charge >= 0.3 is 0 Å². The lowest BCUT2D eigenvalue weighted by Gasteiger charge is -2.11. The number of ether oxygens (including phenoxy) is 4. The molecule has 0 aliphatic heterocycles.